The van der Waals surface area contributed by atoms with Gasteiger partial charge in [-0.25, -0.2) is 4.98 Å². The number of nitrogens with one attached hydrogen (secondary N) is 1. The molecular formula is C22H19N3O3S. The predicted molar refractivity (Wildman–Crippen MR) is 114 cm³/mol. The van der Waals surface area contributed by atoms with Gasteiger partial charge >= 0.3 is 0 Å². The van der Waals surface area contributed by atoms with Crippen LogP contribution in [0.1, 0.15) is 26.5 Å². The van der Waals surface area contributed by atoms with Crippen molar-refractivity contribution in [2.45, 2.75) is 20.5 Å². The van der Waals surface area contributed by atoms with Crippen molar-refractivity contribution in [1.82, 2.24) is 9.38 Å². The molecule has 0 unspecified atom stereocenters. The summed E-state index contributed by atoms with van der Waals surface area (Å²) in [4.78, 5) is 30.7. The fourth-order valence-corrected chi connectivity index (χ4v) is 3.80. The van der Waals surface area contributed by atoms with Crippen LogP contribution in [0.15, 0.2) is 65.6 Å². The minimum Gasteiger partial charge on any atom is -0.487 e. The summed E-state index contributed by atoms with van der Waals surface area (Å²) in [5.74, 6) is 0.476. The minimum atomic E-state index is -0.152. The summed E-state index contributed by atoms with van der Waals surface area (Å²) in [5.41, 5.74) is 2.70. The van der Waals surface area contributed by atoms with Gasteiger partial charge in [-0.3, -0.25) is 14.0 Å². The average molecular weight is 405 g/mol. The molecule has 29 heavy (non-hydrogen) atoms. The Balaban J connectivity index is 1.41. The molecule has 0 aliphatic rings. The molecule has 1 amide bonds. The summed E-state index contributed by atoms with van der Waals surface area (Å²) in [5, 5.41) is 2.88. The Morgan fingerprint density at radius 3 is 2.66 bits per heavy atom. The second-order valence-corrected chi connectivity index (χ2v) is 7.88. The number of fused-ring (bicyclic) bond motifs is 1. The molecule has 4 rings (SSSR count). The number of rotatable bonds is 5. The van der Waals surface area contributed by atoms with Crippen LogP contribution in [-0.2, 0) is 6.61 Å². The molecule has 7 heteroatoms. The van der Waals surface area contributed by atoms with Gasteiger partial charge in [0.05, 0.1) is 5.69 Å². The first kappa shape index (κ1) is 18.9. The largest absolute Gasteiger partial charge is 0.487 e. The van der Waals surface area contributed by atoms with Gasteiger partial charge in [0.25, 0.3) is 11.5 Å². The minimum absolute atomic E-state index is 0.118. The summed E-state index contributed by atoms with van der Waals surface area (Å²) in [7, 11) is 0. The smallest absolute Gasteiger partial charge is 0.258 e. The summed E-state index contributed by atoms with van der Waals surface area (Å²) < 4.78 is 7.28. The number of carbonyl (C=O) groups is 1. The maximum absolute atomic E-state index is 12.4. The van der Waals surface area contributed by atoms with Gasteiger partial charge < -0.3 is 10.1 Å². The summed E-state index contributed by atoms with van der Waals surface area (Å²) >= 11 is 1.46. The highest BCUT2D eigenvalue weighted by Crippen LogP contribution is 2.19. The molecule has 4 aromatic rings. The molecule has 2 heterocycles. The highest BCUT2D eigenvalue weighted by atomic mass is 32.1. The number of hydrogen-bond donors (Lipinski definition) is 1. The molecule has 6 nitrogen and oxygen atoms in total. The van der Waals surface area contributed by atoms with E-state index in [4.69, 9.17) is 4.74 Å². The van der Waals surface area contributed by atoms with Crippen LogP contribution in [0.5, 0.6) is 5.75 Å². The van der Waals surface area contributed by atoms with Gasteiger partial charge in [-0.05, 0) is 49.7 Å². The van der Waals surface area contributed by atoms with Crippen LogP contribution in [0.2, 0.25) is 0 Å². The van der Waals surface area contributed by atoms with E-state index in [1.54, 1.807) is 36.5 Å². The number of amides is 1. The predicted octanol–water partition coefficient (Wildman–Crippen LogP) is 4.20. The van der Waals surface area contributed by atoms with Crippen molar-refractivity contribution in [3.8, 4) is 5.75 Å². The zero-order valence-corrected chi connectivity index (χ0v) is 16.8. The lowest BCUT2D eigenvalue weighted by Gasteiger charge is -2.09. The van der Waals surface area contributed by atoms with Crippen LogP contribution >= 0.6 is 11.3 Å². The van der Waals surface area contributed by atoms with Crippen molar-refractivity contribution in [3.63, 3.8) is 0 Å². The quantitative estimate of drug-likeness (QED) is 0.540. The standard InChI is InChI=1S/C22H19N3O3S/c1-14-5-3-4-6-19(14)21(27)23-16-7-9-18(10-8-16)28-13-17-11-20(26)25-12-15(2)29-22(25)24-17/h3-12H,13H2,1-2H3,(H,23,27). The zero-order chi connectivity index (χ0) is 20.4. The number of nitrogens with zero attached hydrogens (tertiary/aromatic N) is 2. The van der Waals surface area contributed by atoms with Gasteiger partial charge in [-0.2, -0.15) is 0 Å². The van der Waals surface area contributed by atoms with Crippen molar-refractivity contribution in [2.75, 3.05) is 5.32 Å². The zero-order valence-electron chi connectivity index (χ0n) is 16.0. The molecule has 2 aromatic heterocycles. The molecule has 0 radical (unpaired) electrons. The Kier molecular flexibility index (Phi) is 5.14. The van der Waals surface area contributed by atoms with E-state index in [1.807, 2.05) is 32.0 Å². The van der Waals surface area contributed by atoms with Gasteiger partial charge in [-0.1, -0.05) is 18.2 Å². The lowest BCUT2D eigenvalue weighted by molar-refractivity contribution is 0.102. The SMILES string of the molecule is Cc1cn2c(=O)cc(COc3ccc(NC(=O)c4ccccc4C)cc3)nc2s1. The van der Waals surface area contributed by atoms with E-state index in [0.29, 0.717) is 27.7 Å². The Morgan fingerprint density at radius 2 is 1.90 bits per heavy atom. The van der Waals surface area contributed by atoms with Crippen LogP contribution in [-0.4, -0.2) is 15.3 Å². The van der Waals surface area contributed by atoms with Crippen LogP contribution < -0.4 is 15.6 Å². The van der Waals surface area contributed by atoms with E-state index in [2.05, 4.69) is 10.3 Å². The molecule has 1 N–H and O–H groups in total. The van der Waals surface area contributed by atoms with Crippen molar-refractivity contribution in [3.05, 3.63) is 92.8 Å². The maximum Gasteiger partial charge on any atom is 0.258 e. The molecule has 2 aromatic carbocycles. The third-order valence-corrected chi connectivity index (χ3v) is 5.32. The Labute approximate surface area is 171 Å². The molecule has 0 atom stereocenters. The average Bonchev–Trinajstić information content (AvgIpc) is 3.08. The number of ether oxygens (including phenoxy) is 1. The fourth-order valence-electron chi connectivity index (χ4n) is 2.95. The van der Waals surface area contributed by atoms with Crippen LogP contribution in [0.25, 0.3) is 4.96 Å². The van der Waals surface area contributed by atoms with E-state index >= 15 is 0 Å². The van der Waals surface area contributed by atoms with Gasteiger partial charge in [-0.15, -0.1) is 11.3 Å². The molecule has 0 fully saturated rings. The summed E-state index contributed by atoms with van der Waals surface area (Å²) in [6.07, 6.45) is 1.78. The van der Waals surface area contributed by atoms with Crippen LogP contribution in [0.4, 0.5) is 5.69 Å². The fraction of sp³-hybridized carbons (Fsp3) is 0.136. The monoisotopic (exact) mass is 405 g/mol. The van der Waals surface area contributed by atoms with E-state index in [0.717, 1.165) is 10.4 Å². The number of hydrogen-bond acceptors (Lipinski definition) is 5. The topological polar surface area (TPSA) is 72.7 Å². The van der Waals surface area contributed by atoms with Gasteiger partial charge in [0.2, 0.25) is 0 Å². The van der Waals surface area contributed by atoms with Gasteiger partial charge in [0, 0.05) is 28.4 Å². The Hall–Kier alpha value is -3.45. The molecule has 0 aliphatic carbocycles. The number of aryl methyl sites for hydroxylation is 2. The third-order valence-electron chi connectivity index (χ3n) is 4.42. The normalized spacial score (nSPS) is 10.8. The number of aromatic nitrogens is 2. The second kappa shape index (κ2) is 7.89. The van der Waals surface area contributed by atoms with Gasteiger partial charge in [0.1, 0.15) is 12.4 Å². The van der Waals surface area contributed by atoms with Crippen LogP contribution in [0, 0.1) is 13.8 Å². The number of carbonyl (C=O) groups excluding carboxylic acids is 1. The lowest BCUT2D eigenvalue weighted by atomic mass is 10.1. The molecule has 146 valence electrons. The van der Waals surface area contributed by atoms with E-state index in [1.165, 1.54) is 21.8 Å². The Bertz CT molecular complexity index is 1240. The van der Waals surface area contributed by atoms with Crippen molar-refractivity contribution >= 4 is 27.9 Å². The Morgan fingerprint density at radius 1 is 1.14 bits per heavy atom. The lowest BCUT2D eigenvalue weighted by Crippen LogP contribution is -2.14. The van der Waals surface area contributed by atoms with E-state index in [9.17, 15) is 9.59 Å². The van der Waals surface area contributed by atoms with Crippen molar-refractivity contribution < 1.29 is 9.53 Å². The number of thiazole rings is 1. The molecular weight excluding hydrogens is 386 g/mol. The van der Waals surface area contributed by atoms with Crippen LogP contribution in [0.3, 0.4) is 0 Å². The third kappa shape index (κ3) is 4.20. The van der Waals surface area contributed by atoms with E-state index in [-0.39, 0.29) is 18.1 Å². The summed E-state index contributed by atoms with van der Waals surface area (Å²) in [6, 6.07) is 16.0. The van der Waals surface area contributed by atoms with Crippen molar-refractivity contribution in [1.29, 1.82) is 0 Å². The van der Waals surface area contributed by atoms with E-state index < -0.39 is 0 Å². The number of anilines is 1. The number of benzene rings is 2. The van der Waals surface area contributed by atoms with Gasteiger partial charge in [0.15, 0.2) is 4.96 Å². The second-order valence-electron chi connectivity index (χ2n) is 6.66. The maximum atomic E-state index is 12.4. The highest BCUT2D eigenvalue weighted by molar-refractivity contribution is 7.16. The first-order chi connectivity index (χ1) is 14.0. The van der Waals surface area contributed by atoms with Crippen molar-refractivity contribution in [2.24, 2.45) is 0 Å². The molecule has 0 saturated heterocycles. The molecule has 0 aliphatic heterocycles. The first-order valence-electron chi connectivity index (χ1n) is 9.08. The molecule has 0 spiro atoms. The molecule has 0 bridgehead atoms. The molecule has 0 saturated carbocycles. The summed E-state index contributed by atoms with van der Waals surface area (Å²) in [6.45, 7) is 4.03. The first-order valence-corrected chi connectivity index (χ1v) is 9.90. The highest BCUT2D eigenvalue weighted by Gasteiger charge is 2.09.